The summed E-state index contributed by atoms with van der Waals surface area (Å²) in [6, 6.07) is 9.00. The monoisotopic (exact) mass is 248 g/mol. The number of hydrogen-bond acceptors (Lipinski definition) is 3. The number of ether oxygens (including phenoxy) is 1. The predicted octanol–water partition coefficient (Wildman–Crippen LogP) is 3.73. The molecule has 1 aromatic heterocycles. The molecule has 17 heavy (non-hydrogen) atoms. The molecule has 4 heteroatoms. The Hall–Kier alpha value is -1.74. The number of hydrogen-bond donors (Lipinski definition) is 1. The van der Waals surface area contributed by atoms with E-state index >= 15 is 0 Å². The molecule has 2 rings (SSSR count). The molecule has 0 saturated heterocycles. The van der Waals surface area contributed by atoms with E-state index in [4.69, 9.17) is 22.1 Å². The van der Waals surface area contributed by atoms with Crippen LogP contribution in [-0.4, -0.2) is 4.98 Å². The normalized spacial score (nSPS) is 10.3. The molecule has 0 aliphatic carbocycles. The number of nitrogens with zero attached hydrogens (tertiary/aromatic N) is 1. The summed E-state index contributed by atoms with van der Waals surface area (Å²) in [6.45, 7) is 3.89. The Morgan fingerprint density at radius 3 is 2.41 bits per heavy atom. The third-order valence-corrected chi connectivity index (χ3v) is 2.60. The zero-order valence-corrected chi connectivity index (χ0v) is 10.5. The first-order chi connectivity index (χ1) is 8.06. The molecule has 0 saturated carbocycles. The van der Waals surface area contributed by atoms with Gasteiger partial charge in [0.15, 0.2) is 0 Å². The van der Waals surface area contributed by atoms with Gasteiger partial charge in [-0.15, -0.1) is 0 Å². The minimum absolute atomic E-state index is 0.437. The van der Waals surface area contributed by atoms with Gasteiger partial charge in [-0.1, -0.05) is 17.7 Å². The van der Waals surface area contributed by atoms with Crippen LogP contribution in [0.1, 0.15) is 11.1 Å². The molecular formula is C13H13ClN2O. The van der Waals surface area contributed by atoms with E-state index in [-0.39, 0.29) is 0 Å². The van der Waals surface area contributed by atoms with Crippen LogP contribution in [0.4, 0.5) is 5.82 Å². The predicted molar refractivity (Wildman–Crippen MR) is 69.6 cm³/mol. The van der Waals surface area contributed by atoms with Crippen molar-refractivity contribution >= 4 is 17.4 Å². The second-order valence-electron chi connectivity index (χ2n) is 3.87. The van der Waals surface area contributed by atoms with Gasteiger partial charge in [-0.3, -0.25) is 0 Å². The molecule has 1 heterocycles. The molecular weight excluding hydrogens is 236 g/mol. The number of nitrogens with two attached hydrogens (primary N) is 1. The first-order valence-corrected chi connectivity index (χ1v) is 5.61. The van der Waals surface area contributed by atoms with Crippen LogP contribution in [-0.2, 0) is 0 Å². The topological polar surface area (TPSA) is 48.1 Å². The van der Waals surface area contributed by atoms with Gasteiger partial charge < -0.3 is 10.5 Å². The fourth-order valence-corrected chi connectivity index (χ4v) is 1.98. The van der Waals surface area contributed by atoms with E-state index in [1.807, 2.05) is 26.0 Å². The molecule has 2 aromatic rings. The lowest BCUT2D eigenvalue weighted by Crippen LogP contribution is -1.95. The highest BCUT2D eigenvalue weighted by atomic mass is 35.5. The lowest BCUT2D eigenvalue weighted by atomic mass is 10.1. The lowest BCUT2D eigenvalue weighted by Gasteiger charge is -2.11. The van der Waals surface area contributed by atoms with E-state index in [0.29, 0.717) is 16.7 Å². The summed E-state index contributed by atoms with van der Waals surface area (Å²) in [4.78, 5) is 4.10. The van der Waals surface area contributed by atoms with Crippen LogP contribution in [0, 0.1) is 13.8 Å². The second-order valence-corrected chi connectivity index (χ2v) is 4.31. The highest BCUT2D eigenvalue weighted by molar-refractivity contribution is 6.30. The molecule has 3 nitrogen and oxygen atoms in total. The molecule has 0 bridgehead atoms. The van der Waals surface area contributed by atoms with Gasteiger partial charge in [0.2, 0.25) is 5.88 Å². The summed E-state index contributed by atoms with van der Waals surface area (Å²) >= 11 is 5.96. The number of nitrogen functional groups attached to an aromatic ring is 1. The number of aryl methyl sites for hydroxylation is 2. The van der Waals surface area contributed by atoms with E-state index in [1.54, 1.807) is 18.2 Å². The lowest BCUT2D eigenvalue weighted by molar-refractivity contribution is 0.457. The molecule has 0 amide bonds. The summed E-state index contributed by atoms with van der Waals surface area (Å²) in [7, 11) is 0. The molecule has 0 spiro atoms. The zero-order chi connectivity index (χ0) is 12.4. The second kappa shape index (κ2) is 4.63. The van der Waals surface area contributed by atoms with Crippen molar-refractivity contribution in [1.82, 2.24) is 4.98 Å². The van der Waals surface area contributed by atoms with Crippen LogP contribution < -0.4 is 10.5 Å². The fraction of sp³-hybridized carbons (Fsp3) is 0.154. The van der Waals surface area contributed by atoms with Crippen molar-refractivity contribution in [1.29, 1.82) is 0 Å². The van der Waals surface area contributed by atoms with Crippen LogP contribution in [0.25, 0.3) is 0 Å². The van der Waals surface area contributed by atoms with Gasteiger partial charge in [0.25, 0.3) is 0 Å². The molecule has 88 valence electrons. The Morgan fingerprint density at radius 1 is 1.18 bits per heavy atom. The minimum atomic E-state index is 0.437. The van der Waals surface area contributed by atoms with Crippen molar-refractivity contribution in [3.63, 3.8) is 0 Å². The number of anilines is 1. The summed E-state index contributed by atoms with van der Waals surface area (Å²) in [5.41, 5.74) is 7.54. The number of pyridine rings is 1. The highest BCUT2D eigenvalue weighted by Crippen LogP contribution is 2.30. The third kappa shape index (κ3) is 2.68. The Kier molecular flexibility index (Phi) is 3.20. The quantitative estimate of drug-likeness (QED) is 0.881. The molecule has 2 N–H and O–H groups in total. The Morgan fingerprint density at radius 2 is 1.82 bits per heavy atom. The molecule has 1 aromatic carbocycles. The smallest absolute Gasteiger partial charge is 0.221 e. The van der Waals surface area contributed by atoms with Crippen LogP contribution in [0.2, 0.25) is 5.02 Å². The molecule has 0 atom stereocenters. The molecule has 0 radical (unpaired) electrons. The van der Waals surface area contributed by atoms with Crippen molar-refractivity contribution < 1.29 is 4.74 Å². The maximum atomic E-state index is 5.96. The van der Waals surface area contributed by atoms with Gasteiger partial charge in [0.05, 0.1) is 0 Å². The average molecular weight is 249 g/mol. The van der Waals surface area contributed by atoms with Gasteiger partial charge in [-0.25, -0.2) is 0 Å². The number of benzene rings is 1. The van der Waals surface area contributed by atoms with Gasteiger partial charge in [0, 0.05) is 11.1 Å². The Balaban J connectivity index is 2.36. The molecule has 0 aliphatic heterocycles. The minimum Gasteiger partial charge on any atom is -0.438 e. The van der Waals surface area contributed by atoms with Crippen LogP contribution in [0.5, 0.6) is 11.6 Å². The van der Waals surface area contributed by atoms with Crippen LogP contribution in [0.3, 0.4) is 0 Å². The Bertz CT molecular complexity index is 532. The van der Waals surface area contributed by atoms with Crippen LogP contribution >= 0.6 is 11.6 Å². The van der Waals surface area contributed by atoms with Gasteiger partial charge in [0.1, 0.15) is 11.6 Å². The molecule has 0 fully saturated rings. The van der Waals surface area contributed by atoms with E-state index in [1.165, 1.54) is 0 Å². The van der Waals surface area contributed by atoms with Gasteiger partial charge in [-0.05, 0) is 43.2 Å². The Labute approximate surface area is 105 Å². The van der Waals surface area contributed by atoms with Crippen molar-refractivity contribution in [2.75, 3.05) is 5.73 Å². The van der Waals surface area contributed by atoms with Crippen molar-refractivity contribution in [3.8, 4) is 11.6 Å². The summed E-state index contributed by atoms with van der Waals surface area (Å²) < 4.78 is 5.73. The van der Waals surface area contributed by atoms with Crippen molar-refractivity contribution in [2.45, 2.75) is 13.8 Å². The third-order valence-electron chi connectivity index (χ3n) is 2.38. The number of rotatable bonds is 2. The van der Waals surface area contributed by atoms with Crippen LogP contribution in [0.15, 0.2) is 30.3 Å². The standard InChI is InChI=1S/C13H13ClN2O/c1-8-6-10(14)7-9(2)13(8)17-12-5-3-4-11(15)16-12/h3-7H,1-2H3,(H2,15,16). The van der Waals surface area contributed by atoms with E-state index in [9.17, 15) is 0 Å². The van der Waals surface area contributed by atoms with Gasteiger partial charge in [-0.2, -0.15) is 4.98 Å². The van der Waals surface area contributed by atoms with E-state index < -0.39 is 0 Å². The average Bonchev–Trinajstić information content (AvgIpc) is 2.23. The van der Waals surface area contributed by atoms with Crippen molar-refractivity contribution in [2.24, 2.45) is 0 Å². The summed E-state index contributed by atoms with van der Waals surface area (Å²) in [5.74, 6) is 1.69. The SMILES string of the molecule is Cc1cc(Cl)cc(C)c1Oc1cccc(N)n1. The molecule has 0 aliphatic rings. The largest absolute Gasteiger partial charge is 0.438 e. The zero-order valence-electron chi connectivity index (χ0n) is 9.70. The first-order valence-electron chi connectivity index (χ1n) is 5.23. The van der Waals surface area contributed by atoms with Crippen molar-refractivity contribution in [3.05, 3.63) is 46.5 Å². The molecule has 0 unspecified atom stereocenters. The van der Waals surface area contributed by atoms with E-state index in [0.717, 1.165) is 16.9 Å². The maximum Gasteiger partial charge on any atom is 0.221 e. The fourth-order valence-electron chi connectivity index (χ4n) is 1.65. The summed E-state index contributed by atoms with van der Waals surface area (Å²) in [6.07, 6.45) is 0. The number of aromatic nitrogens is 1. The van der Waals surface area contributed by atoms with Gasteiger partial charge >= 0.3 is 0 Å². The maximum absolute atomic E-state index is 5.96. The summed E-state index contributed by atoms with van der Waals surface area (Å²) in [5, 5.41) is 0.702. The first kappa shape index (κ1) is 11.7. The van der Waals surface area contributed by atoms with E-state index in [2.05, 4.69) is 4.98 Å². The number of halogens is 1. The highest BCUT2D eigenvalue weighted by Gasteiger charge is 2.07.